The Bertz CT molecular complexity index is 639. The normalized spacial score (nSPS) is 22.6. The van der Waals surface area contributed by atoms with Gasteiger partial charge in [0.05, 0.1) is 5.69 Å². The van der Waals surface area contributed by atoms with Crippen molar-refractivity contribution in [3.8, 4) is 11.3 Å². The van der Waals surface area contributed by atoms with E-state index < -0.39 is 0 Å². The highest BCUT2D eigenvalue weighted by Crippen LogP contribution is 2.40. The maximum atomic E-state index is 5.60. The van der Waals surface area contributed by atoms with Gasteiger partial charge in [-0.15, -0.1) is 0 Å². The lowest BCUT2D eigenvalue weighted by Crippen LogP contribution is -2.27. The van der Waals surface area contributed by atoms with Crippen LogP contribution in [0.15, 0.2) is 36.5 Å². The van der Waals surface area contributed by atoms with Crippen molar-refractivity contribution in [3.05, 3.63) is 41.3 Å². The van der Waals surface area contributed by atoms with Gasteiger partial charge in [0.25, 0.3) is 0 Å². The van der Waals surface area contributed by atoms with Crippen molar-refractivity contribution in [1.29, 1.82) is 0 Å². The van der Waals surface area contributed by atoms with E-state index in [1.54, 1.807) is 0 Å². The maximum absolute atomic E-state index is 5.60. The lowest BCUT2D eigenvalue weighted by molar-refractivity contribution is 0.184. The SMILES string of the molecule is CC(C)C1CCCCC1n1c(-c2ccccc2)c[nH]c1=S. The zero-order valence-corrected chi connectivity index (χ0v) is 13.7. The Kier molecular flexibility index (Phi) is 4.29. The molecule has 2 unspecified atom stereocenters. The second-order valence-electron chi connectivity index (χ2n) is 6.47. The van der Waals surface area contributed by atoms with E-state index in [1.807, 2.05) is 0 Å². The third-order valence-electron chi connectivity index (χ3n) is 4.85. The summed E-state index contributed by atoms with van der Waals surface area (Å²) < 4.78 is 3.25. The van der Waals surface area contributed by atoms with Gasteiger partial charge >= 0.3 is 0 Å². The lowest BCUT2D eigenvalue weighted by Gasteiger charge is -2.36. The van der Waals surface area contributed by atoms with E-state index in [0.717, 1.165) is 10.7 Å². The highest BCUT2D eigenvalue weighted by atomic mass is 32.1. The fourth-order valence-corrected chi connectivity index (χ4v) is 4.07. The molecular formula is C18H24N2S. The summed E-state index contributed by atoms with van der Waals surface area (Å²) in [4.78, 5) is 3.27. The number of nitrogens with zero attached hydrogens (tertiary/aromatic N) is 1. The third-order valence-corrected chi connectivity index (χ3v) is 5.16. The number of nitrogens with one attached hydrogen (secondary N) is 1. The van der Waals surface area contributed by atoms with Crippen molar-refractivity contribution in [2.75, 3.05) is 0 Å². The highest BCUT2D eigenvalue weighted by molar-refractivity contribution is 7.71. The molecule has 0 amide bonds. The third kappa shape index (κ3) is 2.84. The first-order valence-corrected chi connectivity index (χ1v) is 8.44. The fourth-order valence-electron chi connectivity index (χ4n) is 3.78. The van der Waals surface area contributed by atoms with Crippen LogP contribution in [0.2, 0.25) is 0 Å². The summed E-state index contributed by atoms with van der Waals surface area (Å²) in [5.74, 6) is 1.43. The summed E-state index contributed by atoms with van der Waals surface area (Å²) in [6.07, 6.45) is 7.31. The molecule has 21 heavy (non-hydrogen) atoms. The van der Waals surface area contributed by atoms with Gasteiger partial charge in [-0.05, 0) is 42.5 Å². The zero-order valence-electron chi connectivity index (χ0n) is 12.9. The molecule has 2 atom stereocenters. The molecule has 1 aliphatic rings. The van der Waals surface area contributed by atoms with Gasteiger partial charge in [-0.1, -0.05) is 57.0 Å². The number of aromatic nitrogens is 2. The van der Waals surface area contributed by atoms with Gasteiger partial charge in [0.2, 0.25) is 0 Å². The molecule has 2 nitrogen and oxygen atoms in total. The van der Waals surface area contributed by atoms with Gasteiger partial charge in [-0.2, -0.15) is 0 Å². The number of hydrogen-bond donors (Lipinski definition) is 1. The topological polar surface area (TPSA) is 20.7 Å². The Labute approximate surface area is 132 Å². The van der Waals surface area contributed by atoms with Crippen LogP contribution in [-0.2, 0) is 0 Å². The molecule has 0 spiro atoms. The van der Waals surface area contributed by atoms with Crippen LogP contribution in [0.1, 0.15) is 45.6 Å². The maximum Gasteiger partial charge on any atom is 0.177 e. The number of hydrogen-bond acceptors (Lipinski definition) is 1. The van der Waals surface area contributed by atoms with Crippen LogP contribution in [0.3, 0.4) is 0 Å². The quantitative estimate of drug-likeness (QED) is 0.732. The smallest absolute Gasteiger partial charge is 0.177 e. The summed E-state index contributed by atoms with van der Waals surface area (Å²) in [7, 11) is 0. The van der Waals surface area contributed by atoms with Gasteiger partial charge in [0.15, 0.2) is 4.77 Å². The molecule has 1 aromatic heterocycles. The number of aromatic amines is 1. The Morgan fingerprint density at radius 2 is 1.86 bits per heavy atom. The van der Waals surface area contributed by atoms with E-state index in [2.05, 4.69) is 59.9 Å². The summed E-state index contributed by atoms with van der Waals surface area (Å²) >= 11 is 5.60. The molecule has 0 radical (unpaired) electrons. The number of benzene rings is 1. The first-order valence-electron chi connectivity index (χ1n) is 8.04. The van der Waals surface area contributed by atoms with E-state index in [1.165, 1.54) is 36.9 Å². The van der Waals surface area contributed by atoms with Crippen LogP contribution in [0.25, 0.3) is 11.3 Å². The molecule has 3 rings (SSSR count). The van der Waals surface area contributed by atoms with E-state index in [0.29, 0.717) is 12.0 Å². The van der Waals surface area contributed by atoms with E-state index in [4.69, 9.17) is 12.2 Å². The molecule has 1 saturated carbocycles. The molecule has 0 bridgehead atoms. The minimum Gasteiger partial charge on any atom is -0.337 e. The van der Waals surface area contributed by atoms with Gasteiger partial charge in [0, 0.05) is 12.2 Å². The van der Waals surface area contributed by atoms with Crippen LogP contribution in [-0.4, -0.2) is 9.55 Å². The molecule has 1 aliphatic carbocycles. The summed E-state index contributed by atoms with van der Waals surface area (Å²) in [5.41, 5.74) is 2.48. The molecule has 1 N–H and O–H groups in total. The standard InChI is InChI=1S/C18H24N2S/c1-13(2)15-10-6-7-11-16(15)20-17(12-19-18(20)21)14-8-4-3-5-9-14/h3-5,8-9,12-13,15-16H,6-7,10-11H2,1-2H3,(H,19,21). The van der Waals surface area contributed by atoms with Crippen molar-refractivity contribution in [3.63, 3.8) is 0 Å². The number of rotatable bonds is 3. The Hall–Kier alpha value is -1.35. The van der Waals surface area contributed by atoms with Gasteiger partial charge in [-0.3, -0.25) is 0 Å². The van der Waals surface area contributed by atoms with Crippen LogP contribution in [0.5, 0.6) is 0 Å². The minimum atomic E-state index is 0.535. The van der Waals surface area contributed by atoms with Gasteiger partial charge in [0.1, 0.15) is 0 Å². The van der Waals surface area contributed by atoms with Crippen molar-refractivity contribution in [2.45, 2.75) is 45.6 Å². The van der Waals surface area contributed by atoms with Crippen LogP contribution >= 0.6 is 12.2 Å². The molecule has 1 heterocycles. The lowest BCUT2D eigenvalue weighted by atomic mass is 9.77. The summed E-state index contributed by atoms with van der Waals surface area (Å²) in [6, 6.07) is 11.1. The molecule has 112 valence electrons. The zero-order chi connectivity index (χ0) is 14.8. The molecular weight excluding hydrogens is 276 g/mol. The van der Waals surface area contributed by atoms with E-state index in [9.17, 15) is 0 Å². The van der Waals surface area contributed by atoms with Crippen molar-refractivity contribution in [2.24, 2.45) is 11.8 Å². The Morgan fingerprint density at radius 3 is 2.57 bits per heavy atom. The molecule has 1 aromatic carbocycles. The van der Waals surface area contributed by atoms with Crippen LogP contribution < -0.4 is 0 Å². The van der Waals surface area contributed by atoms with Gasteiger partial charge in [-0.25, -0.2) is 0 Å². The van der Waals surface area contributed by atoms with Crippen LogP contribution in [0, 0.1) is 16.6 Å². The van der Waals surface area contributed by atoms with E-state index >= 15 is 0 Å². The molecule has 0 saturated heterocycles. The summed E-state index contributed by atoms with van der Waals surface area (Å²) in [6.45, 7) is 4.70. The summed E-state index contributed by atoms with van der Waals surface area (Å²) in [5, 5.41) is 0. The number of H-pyrrole nitrogens is 1. The monoisotopic (exact) mass is 300 g/mol. The average Bonchev–Trinajstić information content (AvgIpc) is 2.89. The van der Waals surface area contributed by atoms with Gasteiger partial charge < -0.3 is 9.55 Å². The van der Waals surface area contributed by atoms with Crippen molar-refractivity contribution >= 4 is 12.2 Å². The Balaban J connectivity index is 2.05. The predicted octanol–water partition coefficient (Wildman–Crippen LogP) is 5.60. The Morgan fingerprint density at radius 1 is 1.14 bits per heavy atom. The molecule has 2 aromatic rings. The average molecular weight is 300 g/mol. The predicted molar refractivity (Wildman–Crippen MR) is 90.9 cm³/mol. The van der Waals surface area contributed by atoms with Crippen molar-refractivity contribution < 1.29 is 0 Å². The van der Waals surface area contributed by atoms with E-state index in [-0.39, 0.29) is 0 Å². The highest BCUT2D eigenvalue weighted by Gasteiger charge is 2.30. The largest absolute Gasteiger partial charge is 0.337 e. The molecule has 3 heteroatoms. The fraction of sp³-hybridized carbons (Fsp3) is 0.500. The first-order chi connectivity index (χ1) is 10.2. The second-order valence-corrected chi connectivity index (χ2v) is 6.86. The minimum absolute atomic E-state index is 0.535. The second kappa shape index (κ2) is 6.18. The molecule has 1 fully saturated rings. The number of imidazole rings is 1. The van der Waals surface area contributed by atoms with Crippen molar-refractivity contribution in [1.82, 2.24) is 9.55 Å². The molecule has 0 aliphatic heterocycles. The van der Waals surface area contributed by atoms with Crippen LogP contribution in [0.4, 0.5) is 0 Å². The first kappa shape index (κ1) is 14.6.